The zero-order valence-electron chi connectivity index (χ0n) is 12.6. The molecule has 3 heteroatoms. The first kappa shape index (κ1) is 14.1. The first-order valence-electron chi connectivity index (χ1n) is 8.00. The van der Waals surface area contributed by atoms with Gasteiger partial charge in [-0.1, -0.05) is 37.3 Å². The van der Waals surface area contributed by atoms with Crippen LogP contribution in [-0.2, 0) is 6.54 Å². The number of rotatable bonds is 6. The fourth-order valence-electron chi connectivity index (χ4n) is 3.61. The van der Waals surface area contributed by atoms with Crippen LogP contribution < -0.4 is 5.73 Å². The molecule has 1 atom stereocenters. The van der Waals surface area contributed by atoms with E-state index in [4.69, 9.17) is 5.73 Å². The molecule has 20 heavy (non-hydrogen) atoms. The number of nitrogens with two attached hydrogens (primary N) is 1. The first-order valence-corrected chi connectivity index (χ1v) is 8.00. The summed E-state index contributed by atoms with van der Waals surface area (Å²) in [5.41, 5.74) is 7.80. The van der Waals surface area contributed by atoms with Crippen molar-refractivity contribution in [2.24, 2.45) is 5.73 Å². The minimum atomic E-state index is 0.188. The molecule has 0 spiro atoms. The van der Waals surface area contributed by atoms with E-state index in [2.05, 4.69) is 47.1 Å². The van der Waals surface area contributed by atoms with Gasteiger partial charge in [0.15, 0.2) is 0 Å². The Kier molecular flexibility index (Phi) is 4.11. The highest BCUT2D eigenvalue weighted by Gasteiger charge is 2.45. The van der Waals surface area contributed by atoms with Crippen LogP contribution in [0.1, 0.15) is 31.7 Å². The van der Waals surface area contributed by atoms with E-state index >= 15 is 0 Å². The number of hydrogen-bond donors (Lipinski definition) is 1. The van der Waals surface area contributed by atoms with Gasteiger partial charge in [-0.2, -0.15) is 0 Å². The number of nitrogens with zero attached hydrogens (tertiary/aromatic N) is 2. The number of hydrogen-bond acceptors (Lipinski definition) is 3. The van der Waals surface area contributed by atoms with Gasteiger partial charge in [-0.05, 0) is 31.4 Å². The Bertz CT molecular complexity index is 429. The molecular weight excluding hydrogens is 246 g/mol. The largest absolute Gasteiger partial charge is 0.329 e. The standard InChI is InChI=1S/C17H27N3/c1-2-20(12-15-6-4-3-5-7-15)17(13-18)10-11-19(14-17)16-8-9-16/h3-7,16H,2,8-14,18H2,1H3. The van der Waals surface area contributed by atoms with E-state index in [1.54, 1.807) is 0 Å². The van der Waals surface area contributed by atoms with E-state index in [-0.39, 0.29) is 5.54 Å². The van der Waals surface area contributed by atoms with Crippen LogP contribution in [-0.4, -0.2) is 47.6 Å². The fraction of sp³-hybridized carbons (Fsp3) is 0.647. The minimum absolute atomic E-state index is 0.188. The molecule has 1 aromatic rings. The quantitative estimate of drug-likeness (QED) is 0.861. The van der Waals surface area contributed by atoms with E-state index in [0.717, 1.165) is 32.2 Å². The summed E-state index contributed by atoms with van der Waals surface area (Å²) in [6.07, 6.45) is 4.01. The molecule has 0 aromatic heterocycles. The second-order valence-electron chi connectivity index (χ2n) is 6.38. The molecule has 2 aliphatic rings. The summed E-state index contributed by atoms with van der Waals surface area (Å²) in [5.74, 6) is 0. The molecule has 1 heterocycles. The van der Waals surface area contributed by atoms with Crippen molar-refractivity contribution in [3.05, 3.63) is 35.9 Å². The summed E-state index contributed by atoms with van der Waals surface area (Å²) in [4.78, 5) is 5.27. The molecule has 2 fully saturated rings. The van der Waals surface area contributed by atoms with Crippen LogP contribution in [0.25, 0.3) is 0 Å². The Balaban J connectivity index is 1.72. The number of likely N-dealkylation sites (N-methyl/N-ethyl adjacent to an activating group) is 1. The molecule has 1 saturated heterocycles. The maximum atomic E-state index is 6.21. The highest BCUT2D eigenvalue weighted by molar-refractivity contribution is 5.16. The Morgan fingerprint density at radius 1 is 1.30 bits per heavy atom. The molecule has 3 nitrogen and oxygen atoms in total. The SMILES string of the molecule is CCN(Cc1ccccc1)C1(CN)CCN(C2CC2)C1. The van der Waals surface area contributed by atoms with Gasteiger partial charge in [0.2, 0.25) is 0 Å². The lowest BCUT2D eigenvalue weighted by Gasteiger charge is -2.40. The molecule has 3 rings (SSSR count). The maximum absolute atomic E-state index is 6.21. The Morgan fingerprint density at radius 2 is 2.05 bits per heavy atom. The lowest BCUT2D eigenvalue weighted by atomic mass is 9.95. The molecule has 0 bridgehead atoms. The van der Waals surface area contributed by atoms with E-state index in [0.29, 0.717) is 0 Å². The predicted octanol–water partition coefficient (Wildman–Crippen LogP) is 2.07. The Labute approximate surface area is 122 Å². The Hall–Kier alpha value is -0.900. The van der Waals surface area contributed by atoms with Gasteiger partial charge in [0.25, 0.3) is 0 Å². The second kappa shape index (κ2) is 5.84. The molecule has 110 valence electrons. The van der Waals surface area contributed by atoms with Gasteiger partial charge in [0.1, 0.15) is 0 Å². The van der Waals surface area contributed by atoms with Crippen molar-refractivity contribution in [3.8, 4) is 0 Å². The Morgan fingerprint density at radius 3 is 2.65 bits per heavy atom. The minimum Gasteiger partial charge on any atom is -0.329 e. The van der Waals surface area contributed by atoms with Gasteiger partial charge < -0.3 is 5.73 Å². The van der Waals surface area contributed by atoms with Crippen molar-refractivity contribution in [2.45, 2.75) is 44.3 Å². The number of likely N-dealkylation sites (tertiary alicyclic amines) is 1. The summed E-state index contributed by atoms with van der Waals surface area (Å²) in [5, 5.41) is 0. The highest BCUT2D eigenvalue weighted by atomic mass is 15.3. The van der Waals surface area contributed by atoms with E-state index < -0.39 is 0 Å². The van der Waals surface area contributed by atoms with Crippen LogP contribution >= 0.6 is 0 Å². The van der Waals surface area contributed by atoms with Gasteiger partial charge in [-0.3, -0.25) is 9.80 Å². The molecule has 1 unspecified atom stereocenters. The van der Waals surface area contributed by atoms with E-state index in [9.17, 15) is 0 Å². The topological polar surface area (TPSA) is 32.5 Å². The average Bonchev–Trinajstić information content (AvgIpc) is 3.26. The normalized spacial score (nSPS) is 27.4. The summed E-state index contributed by atoms with van der Waals surface area (Å²) in [7, 11) is 0. The lowest BCUT2D eigenvalue weighted by molar-refractivity contribution is 0.0954. The van der Waals surface area contributed by atoms with Crippen molar-refractivity contribution < 1.29 is 0 Å². The maximum Gasteiger partial charge on any atom is 0.0474 e. The van der Waals surface area contributed by atoms with Crippen molar-refractivity contribution >= 4 is 0 Å². The third-order valence-corrected chi connectivity index (χ3v) is 5.07. The van der Waals surface area contributed by atoms with Crippen LogP contribution in [0.2, 0.25) is 0 Å². The molecule has 1 aliphatic carbocycles. The summed E-state index contributed by atoms with van der Waals surface area (Å²) >= 11 is 0. The fourth-order valence-corrected chi connectivity index (χ4v) is 3.61. The van der Waals surface area contributed by atoms with Gasteiger partial charge in [0.05, 0.1) is 0 Å². The van der Waals surface area contributed by atoms with Crippen molar-refractivity contribution in [1.82, 2.24) is 9.80 Å². The lowest BCUT2D eigenvalue weighted by Crippen LogP contribution is -2.55. The molecule has 1 aliphatic heterocycles. The molecule has 1 saturated carbocycles. The van der Waals surface area contributed by atoms with Crippen molar-refractivity contribution in [3.63, 3.8) is 0 Å². The van der Waals surface area contributed by atoms with Crippen LogP contribution in [0.15, 0.2) is 30.3 Å². The first-order chi connectivity index (χ1) is 9.77. The monoisotopic (exact) mass is 273 g/mol. The molecular formula is C17H27N3. The van der Waals surface area contributed by atoms with Gasteiger partial charge in [0, 0.05) is 37.8 Å². The van der Waals surface area contributed by atoms with Gasteiger partial charge in [-0.25, -0.2) is 0 Å². The smallest absolute Gasteiger partial charge is 0.0474 e. The average molecular weight is 273 g/mol. The zero-order valence-corrected chi connectivity index (χ0v) is 12.6. The van der Waals surface area contributed by atoms with Crippen molar-refractivity contribution in [1.29, 1.82) is 0 Å². The molecule has 0 radical (unpaired) electrons. The van der Waals surface area contributed by atoms with Gasteiger partial charge in [-0.15, -0.1) is 0 Å². The molecule has 2 N–H and O–H groups in total. The molecule has 1 aromatic carbocycles. The zero-order chi connectivity index (χ0) is 14.0. The predicted molar refractivity (Wildman–Crippen MR) is 83.5 cm³/mol. The second-order valence-corrected chi connectivity index (χ2v) is 6.38. The van der Waals surface area contributed by atoms with Crippen molar-refractivity contribution in [2.75, 3.05) is 26.2 Å². The van der Waals surface area contributed by atoms with Crippen LogP contribution in [0.4, 0.5) is 0 Å². The number of benzene rings is 1. The van der Waals surface area contributed by atoms with Crippen LogP contribution in [0.3, 0.4) is 0 Å². The van der Waals surface area contributed by atoms with E-state index in [1.165, 1.54) is 31.4 Å². The van der Waals surface area contributed by atoms with Crippen LogP contribution in [0.5, 0.6) is 0 Å². The summed E-state index contributed by atoms with van der Waals surface area (Å²) in [6, 6.07) is 11.6. The third-order valence-electron chi connectivity index (χ3n) is 5.07. The molecule has 0 amide bonds. The van der Waals surface area contributed by atoms with E-state index in [1.807, 2.05) is 0 Å². The summed E-state index contributed by atoms with van der Waals surface area (Å²) in [6.45, 7) is 7.52. The van der Waals surface area contributed by atoms with Crippen LogP contribution in [0, 0.1) is 0 Å². The van der Waals surface area contributed by atoms with Gasteiger partial charge >= 0.3 is 0 Å². The highest BCUT2D eigenvalue weighted by Crippen LogP contribution is 2.36. The summed E-state index contributed by atoms with van der Waals surface area (Å²) < 4.78 is 0. The third kappa shape index (κ3) is 2.76.